The second-order valence-corrected chi connectivity index (χ2v) is 8.55. The van der Waals surface area contributed by atoms with Gasteiger partial charge in [-0.1, -0.05) is 42.5 Å². The summed E-state index contributed by atoms with van der Waals surface area (Å²) in [4.78, 5) is 33.2. The molecule has 0 aliphatic carbocycles. The van der Waals surface area contributed by atoms with Gasteiger partial charge >= 0.3 is 0 Å². The second-order valence-electron chi connectivity index (χ2n) is 8.55. The van der Waals surface area contributed by atoms with E-state index in [9.17, 15) is 19.1 Å². The molecule has 2 fully saturated rings. The molecular weight excluding hydrogens is 421 g/mol. The zero-order chi connectivity index (χ0) is 22.9. The Morgan fingerprint density at radius 3 is 2.36 bits per heavy atom. The van der Waals surface area contributed by atoms with Gasteiger partial charge in [0.25, 0.3) is 0 Å². The topological polar surface area (TPSA) is 73.7 Å². The highest BCUT2D eigenvalue weighted by atomic mass is 19.1. The summed E-state index contributed by atoms with van der Waals surface area (Å²) in [5, 5.41) is 9.98. The van der Waals surface area contributed by atoms with Gasteiger partial charge in [0, 0.05) is 24.4 Å². The van der Waals surface area contributed by atoms with E-state index < -0.39 is 0 Å². The first-order chi connectivity index (χ1) is 16.0. The van der Waals surface area contributed by atoms with Crippen LogP contribution in [0, 0.1) is 5.82 Å². The molecule has 0 unspecified atom stereocenters. The molecule has 0 bridgehead atoms. The van der Waals surface area contributed by atoms with Crippen LogP contribution in [-0.4, -0.2) is 63.5 Å². The molecular formula is C26H24FN3O3. The molecule has 168 valence electrons. The van der Waals surface area contributed by atoms with Crippen LogP contribution >= 0.6 is 0 Å². The minimum Gasteiger partial charge on any atom is -0.394 e. The normalized spacial score (nSPS) is 22.0. The summed E-state index contributed by atoms with van der Waals surface area (Å²) in [7, 11) is 0. The zero-order valence-electron chi connectivity index (χ0n) is 18.0. The van der Waals surface area contributed by atoms with Crippen molar-refractivity contribution in [3.8, 4) is 11.1 Å². The number of piperazine rings is 1. The number of nitrogens with zero attached hydrogens (tertiary/aromatic N) is 3. The third-order valence-electron chi connectivity index (χ3n) is 6.64. The molecule has 2 saturated heterocycles. The summed E-state index contributed by atoms with van der Waals surface area (Å²) in [6.07, 6.45) is 1.80. The Morgan fingerprint density at radius 2 is 1.73 bits per heavy atom. The van der Waals surface area contributed by atoms with Gasteiger partial charge in [0.2, 0.25) is 11.8 Å². The highest BCUT2D eigenvalue weighted by molar-refractivity contribution is 5.88. The summed E-state index contributed by atoms with van der Waals surface area (Å²) < 4.78 is 13.2. The quantitative estimate of drug-likeness (QED) is 0.655. The molecule has 6 nitrogen and oxygen atoms in total. The lowest BCUT2D eigenvalue weighted by Crippen LogP contribution is -2.73. The molecule has 2 amide bonds. The number of halogens is 1. The molecule has 2 aliphatic rings. The molecule has 7 heteroatoms. The largest absolute Gasteiger partial charge is 0.394 e. The van der Waals surface area contributed by atoms with Gasteiger partial charge in [-0.05, 0) is 41.0 Å². The number of rotatable bonds is 5. The lowest BCUT2D eigenvalue weighted by Gasteiger charge is -2.58. The Morgan fingerprint density at radius 1 is 1.03 bits per heavy atom. The average Bonchev–Trinajstić information content (AvgIpc) is 2.82. The molecule has 0 spiro atoms. The van der Waals surface area contributed by atoms with Crippen molar-refractivity contribution < 1.29 is 19.1 Å². The number of aliphatic hydroxyl groups is 1. The maximum atomic E-state index is 13.2. The smallest absolute Gasteiger partial charge is 0.242 e. The number of hydrogen-bond donors (Lipinski definition) is 1. The van der Waals surface area contributed by atoms with E-state index in [0.29, 0.717) is 12.2 Å². The molecule has 3 atom stereocenters. The Bertz CT molecular complexity index is 1150. The molecule has 33 heavy (non-hydrogen) atoms. The highest BCUT2D eigenvalue weighted by Crippen LogP contribution is 2.43. The van der Waals surface area contributed by atoms with Gasteiger partial charge in [-0.3, -0.25) is 14.6 Å². The molecule has 3 heterocycles. The number of fused-ring (bicyclic) bond motifs is 1. The van der Waals surface area contributed by atoms with Crippen molar-refractivity contribution in [2.75, 3.05) is 19.7 Å². The average molecular weight is 445 g/mol. The Hall–Kier alpha value is -3.58. The maximum Gasteiger partial charge on any atom is 0.242 e. The minimum absolute atomic E-state index is 0.0227. The third kappa shape index (κ3) is 4.00. The lowest BCUT2D eigenvalue weighted by molar-refractivity contribution is -0.166. The van der Waals surface area contributed by atoms with Crippen molar-refractivity contribution in [3.05, 3.63) is 90.0 Å². The third-order valence-corrected chi connectivity index (χ3v) is 6.64. The van der Waals surface area contributed by atoms with E-state index in [0.717, 1.165) is 16.7 Å². The summed E-state index contributed by atoms with van der Waals surface area (Å²) in [6, 6.07) is 19.2. The molecule has 5 rings (SSSR count). The summed E-state index contributed by atoms with van der Waals surface area (Å²) in [5.74, 6) is -0.607. The fourth-order valence-electron chi connectivity index (χ4n) is 5.00. The number of benzene rings is 2. The van der Waals surface area contributed by atoms with Crippen LogP contribution in [0.3, 0.4) is 0 Å². The number of pyridine rings is 1. The molecule has 0 radical (unpaired) electrons. The van der Waals surface area contributed by atoms with Gasteiger partial charge in [-0.15, -0.1) is 0 Å². The Kier molecular flexibility index (Phi) is 5.64. The number of amides is 2. The van der Waals surface area contributed by atoms with Crippen molar-refractivity contribution in [3.63, 3.8) is 0 Å². The van der Waals surface area contributed by atoms with Crippen LogP contribution in [0.4, 0.5) is 4.39 Å². The summed E-state index contributed by atoms with van der Waals surface area (Å²) >= 11 is 0. The summed E-state index contributed by atoms with van der Waals surface area (Å²) in [5.41, 5.74) is 3.55. The van der Waals surface area contributed by atoms with Gasteiger partial charge in [-0.2, -0.15) is 0 Å². The van der Waals surface area contributed by atoms with Crippen molar-refractivity contribution in [1.82, 2.24) is 14.8 Å². The van der Waals surface area contributed by atoms with Crippen LogP contribution in [0.15, 0.2) is 72.9 Å². The monoisotopic (exact) mass is 445 g/mol. The molecule has 0 saturated carbocycles. The number of aliphatic hydroxyl groups excluding tert-OH is 1. The van der Waals surface area contributed by atoms with E-state index in [-0.39, 0.29) is 55.2 Å². The van der Waals surface area contributed by atoms with Crippen molar-refractivity contribution in [2.45, 2.75) is 24.4 Å². The predicted octanol–water partition coefficient (Wildman–Crippen LogP) is 2.63. The summed E-state index contributed by atoms with van der Waals surface area (Å²) in [6.45, 7) is 0.321. The lowest BCUT2D eigenvalue weighted by atomic mass is 9.73. The first kappa shape index (κ1) is 21.3. The van der Waals surface area contributed by atoms with E-state index in [1.165, 1.54) is 12.1 Å². The van der Waals surface area contributed by atoms with Crippen molar-refractivity contribution in [1.29, 1.82) is 0 Å². The van der Waals surface area contributed by atoms with Crippen LogP contribution in [0.25, 0.3) is 11.1 Å². The number of hydrogen-bond acceptors (Lipinski definition) is 4. The van der Waals surface area contributed by atoms with E-state index in [1.54, 1.807) is 40.3 Å². The van der Waals surface area contributed by atoms with E-state index in [2.05, 4.69) is 4.98 Å². The second kappa shape index (κ2) is 8.75. The SMILES string of the molecule is O=C(Cc1ccccn1)N1CC(=O)N2[C@H](C1)[C@@H](c1ccc(-c3ccc(F)cc3)cc1)[C@@H]2CO. The van der Waals surface area contributed by atoms with Crippen molar-refractivity contribution in [2.24, 2.45) is 0 Å². The van der Waals surface area contributed by atoms with E-state index in [1.807, 2.05) is 30.3 Å². The van der Waals surface area contributed by atoms with Crippen molar-refractivity contribution >= 4 is 11.8 Å². The van der Waals surface area contributed by atoms with Gasteiger partial charge in [-0.25, -0.2) is 4.39 Å². The van der Waals surface area contributed by atoms with Gasteiger partial charge in [0.15, 0.2) is 0 Å². The molecule has 2 aromatic carbocycles. The molecule has 1 N–H and O–H groups in total. The Labute approximate surface area is 191 Å². The Balaban J connectivity index is 1.34. The van der Waals surface area contributed by atoms with Crippen LogP contribution in [0.2, 0.25) is 0 Å². The standard InChI is InChI=1S/C26H24FN3O3/c27-20-10-8-18(9-11-20)17-4-6-19(7-5-17)26-22-14-29(15-25(33)30(22)23(26)16-31)24(32)13-21-3-1-2-12-28-21/h1-12,22-23,26,31H,13-16H2/t22-,23+,26-/m1/s1. The number of carbonyl (C=O) groups excluding carboxylic acids is 2. The molecule has 2 aliphatic heterocycles. The molecule has 1 aromatic heterocycles. The minimum atomic E-state index is -0.299. The van der Waals surface area contributed by atoms with Crippen LogP contribution in [0.5, 0.6) is 0 Å². The predicted molar refractivity (Wildman–Crippen MR) is 121 cm³/mol. The number of carbonyl (C=O) groups is 2. The van der Waals surface area contributed by atoms with Gasteiger partial charge in [0.1, 0.15) is 5.82 Å². The van der Waals surface area contributed by atoms with E-state index in [4.69, 9.17) is 0 Å². The highest BCUT2D eigenvalue weighted by Gasteiger charge is 2.54. The first-order valence-electron chi connectivity index (χ1n) is 11.0. The first-order valence-corrected chi connectivity index (χ1v) is 11.0. The van der Waals surface area contributed by atoms with Crippen LogP contribution in [0.1, 0.15) is 17.2 Å². The zero-order valence-corrected chi connectivity index (χ0v) is 18.0. The van der Waals surface area contributed by atoms with Gasteiger partial charge in [0.05, 0.1) is 31.7 Å². The maximum absolute atomic E-state index is 13.2. The van der Waals surface area contributed by atoms with Gasteiger partial charge < -0.3 is 14.9 Å². The fraction of sp³-hybridized carbons (Fsp3) is 0.269. The van der Waals surface area contributed by atoms with Crippen LogP contribution < -0.4 is 0 Å². The van der Waals surface area contributed by atoms with E-state index >= 15 is 0 Å². The number of aromatic nitrogens is 1. The fourth-order valence-corrected chi connectivity index (χ4v) is 5.00. The van der Waals surface area contributed by atoms with Crippen LogP contribution in [-0.2, 0) is 16.0 Å². The molecule has 3 aromatic rings.